The third kappa shape index (κ3) is 3.79. The summed E-state index contributed by atoms with van der Waals surface area (Å²) in [7, 11) is 3.05. The minimum absolute atomic E-state index is 0.335. The second-order valence-corrected chi connectivity index (χ2v) is 6.97. The van der Waals surface area contributed by atoms with Crippen LogP contribution in [0.2, 0.25) is 0 Å². The van der Waals surface area contributed by atoms with E-state index in [0.29, 0.717) is 45.4 Å². The monoisotopic (exact) mass is 453 g/mol. The van der Waals surface area contributed by atoms with Crippen LogP contribution >= 0.6 is 15.9 Å². The van der Waals surface area contributed by atoms with Gasteiger partial charge < -0.3 is 19.2 Å². The summed E-state index contributed by atoms with van der Waals surface area (Å²) in [5, 5.41) is 2.87. The second kappa shape index (κ2) is 7.92. The lowest BCUT2D eigenvalue weighted by Crippen LogP contribution is -2.14. The van der Waals surface area contributed by atoms with Crippen molar-refractivity contribution in [2.45, 2.75) is 0 Å². The first-order chi connectivity index (χ1) is 14.1. The van der Waals surface area contributed by atoms with Crippen LogP contribution in [0.4, 0.5) is 5.69 Å². The summed E-state index contributed by atoms with van der Waals surface area (Å²) in [4.78, 5) is 21.5. The standard InChI is InChI=1S/C21H16BrN3O4/c1-27-16-8-6-13(22)11-14(16)20(26)24-15-10-12(5-7-17(15)28-2)21-25-19-18(29-21)4-3-9-23-19/h3-11H,1-2H3,(H,24,26). The molecule has 29 heavy (non-hydrogen) atoms. The largest absolute Gasteiger partial charge is 0.496 e. The molecule has 1 N–H and O–H groups in total. The fourth-order valence-electron chi connectivity index (χ4n) is 2.88. The van der Waals surface area contributed by atoms with Crippen molar-refractivity contribution in [2.75, 3.05) is 19.5 Å². The van der Waals surface area contributed by atoms with E-state index in [9.17, 15) is 4.79 Å². The number of methoxy groups -OCH3 is 2. The molecule has 0 spiro atoms. The van der Waals surface area contributed by atoms with Crippen LogP contribution in [0.25, 0.3) is 22.7 Å². The Morgan fingerprint density at radius 2 is 1.86 bits per heavy atom. The van der Waals surface area contributed by atoms with Crippen molar-refractivity contribution in [2.24, 2.45) is 0 Å². The third-order valence-electron chi connectivity index (χ3n) is 4.27. The van der Waals surface area contributed by atoms with Crippen LogP contribution in [-0.4, -0.2) is 30.1 Å². The highest BCUT2D eigenvalue weighted by atomic mass is 79.9. The molecule has 2 heterocycles. The molecule has 0 bridgehead atoms. The van der Waals surface area contributed by atoms with E-state index >= 15 is 0 Å². The Labute approximate surface area is 174 Å². The van der Waals surface area contributed by atoms with E-state index in [1.54, 1.807) is 54.7 Å². The van der Waals surface area contributed by atoms with Crippen LogP contribution < -0.4 is 14.8 Å². The molecular formula is C21H16BrN3O4. The van der Waals surface area contributed by atoms with E-state index in [0.717, 1.165) is 4.47 Å². The van der Waals surface area contributed by atoms with E-state index in [-0.39, 0.29) is 5.91 Å². The van der Waals surface area contributed by atoms with Gasteiger partial charge in [-0.25, -0.2) is 4.98 Å². The number of hydrogen-bond donors (Lipinski definition) is 1. The molecule has 2 aromatic heterocycles. The Kier molecular flexibility index (Phi) is 5.18. The van der Waals surface area contributed by atoms with Gasteiger partial charge in [0.05, 0.1) is 25.5 Å². The summed E-state index contributed by atoms with van der Waals surface area (Å²) >= 11 is 3.38. The van der Waals surface area contributed by atoms with Crippen molar-refractivity contribution in [3.05, 3.63) is 64.8 Å². The van der Waals surface area contributed by atoms with E-state index in [1.165, 1.54) is 14.2 Å². The number of carbonyl (C=O) groups excluding carboxylic acids is 1. The predicted molar refractivity (Wildman–Crippen MR) is 112 cm³/mol. The fraction of sp³-hybridized carbons (Fsp3) is 0.0952. The fourth-order valence-corrected chi connectivity index (χ4v) is 3.24. The molecule has 4 rings (SSSR count). The highest BCUT2D eigenvalue weighted by Gasteiger charge is 2.17. The average Bonchev–Trinajstić information content (AvgIpc) is 3.18. The number of ether oxygens (including phenoxy) is 2. The number of benzene rings is 2. The number of amides is 1. The van der Waals surface area contributed by atoms with Gasteiger partial charge in [0.1, 0.15) is 11.5 Å². The number of oxazole rings is 1. The van der Waals surface area contributed by atoms with Crippen molar-refractivity contribution < 1.29 is 18.7 Å². The number of halogens is 1. The van der Waals surface area contributed by atoms with Gasteiger partial charge in [-0.2, -0.15) is 4.98 Å². The van der Waals surface area contributed by atoms with Crippen LogP contribution in [0.5, 0.6) is 11.5 Å². The predicted octanol–water partition coefficient (Wildman–Crippen LogP) is 4.92. The number of nitrogens with one attached hydrogen (secondary N) is 1. The summed E-state index contributed by atoms with van der Waals surface area (Å²) in [5.74, 6) is 1.03. The zero-order valence-electron chi connectivity index (χ0n) is 15.6. The highest BCUT2D eigenvalue weighted by molar-refractivity contribution is 9.10. The first-order valence-corrected chi connectivity index (χ1v) is 9.43. The molecule has 7 nitrogen and oxygen atoms in total. The summed E-state index contributed by atoms with van der Waals surface area (Å²) in [6.45, 7) is 0. The second-order valence-electron chi connectivity index (χ2n) is 6.06. The smallest absolute Gasteiger partial charge is 0.259 e. The van der Waals surface area contributed by atoms with Gasteiger partial charge in [-0.15, -0.1) is 0 Å². The number of aromatic nitrogens is 2. The quantitative estimate of drug-likeness (QED) is 0.461. The lowest BCUT2D eigenvalue weighted by Gasteiger charge is -2.13. The Balaban J connectivity index is 1.70. The molecule has 0 unspecified atom stereocenters. The zero-order valence-corrected chi connectivity index (χ0v) is 17.2. The molecule has 8 heteroatoms. The molecule has 4 aromatic rings. The molecule has 0 fully saturated rings. The number of hydrogen-bond acceptors (Lipinski definition) is 6. The minimum atomic E-state index is -0.335. The Hall–Kier alpha value is -3.39. The van der Waals surface area contributed by atoms with Gasteiger partial charge in [-0.05, 0) is 48.5 Å². The first-order valence-electron chi connectivity index (χ1n) is 8.64. The summed E-state index contributed by atoms with van der Waals surface area (Å²) in [6.07, 6.45) is 1.65. The van der Waals surface area contributed by atoms with E-state index in [1.807, 2.05) is 0 Å². The molecule has 0 atom stereocenters. The maximum atomic E-state index is 12.9. The first kappa shape index (κ1) is 18.9. The zero-order chi connectivity index (χ0) is 20.4. The van der Waals surface area contributed by atoms with Gasteiger partial charge in [-0.1, -0.05) is 15.9 Å². The van der Waals surface area contributed by atoms with Crippen LogP contribution in [0.1, 0.15) is 10.4 Å². The van der Waals surface area contributed by atoms with Gasteiger partial charge in [0, 0.05) is 16.2 Å². The van der Waals surface area contributed by atoms with Crippen molar-refractivity contribution in [3.63, 3.8) is 0 Å². The Morgan fingerprint density at radius 3 is 2.62 bits per heavy atom. The van der Waals surface area contributed by atoms with Gasteiger partial charge in [0.25, 0.3) is 5.91 Å². The Morgan fingerprint density at radius 1 is 1.07 bits per heavy atom. The molecule has 0 saturated heterocycles. The van der Waals surface area contributed by atoms with Crippen LogP contribution in [-0.2, 0) is 0 Å². The van der Waals surface area contributed by atoms with E-state index in [2.05, 4.69) is 31.2 Å². The molecule has 2 aromatic carbocycles. The molecule has 0 aliphatic rings. The number of pyridine rings is 1. The topological polar surface area (TPSA) is 86.5 Å². The number of rotatable bonds is 5. The van der Waals surface area contributed by atoms with Gasteiger partial charge in [-0.3, -0.25) is 4.79 Å². The highest BCUT2D eigenvalue weighted by Crippen LogP contribution is 2.32. The third-order valence-corrected chi connectivity index (χ3v) is 4.76. The molecule has 1 amide bonds. The molecule has 146 valence electrons. The summed E-state index contributed by atoms with van der Waals surface area (Å²) in [6, 6.07) is 14.1. The van der Waals surface area contributed by atoms with Crippen molar-refractivity contribution >= 4 is 38.8 Å². The maximum Gasteiger partial charge on any atom is 0.259 e. The lowest BCUT2D eigenvalue weighted by molar-refractivity contribution is 0.102. The van der Waals surface area contributed by atoms with Gasteiger partial charge in [0.2, 0.25) is 5.89 Å². The van der Waals surface area contributed by atoms with Crippen LogP contribution in [0, 0.1) is 0 Å². The van der Waals surface area contributed by atoms with Gasteiger partial charge >= 0.3 is 0 Å². The summed E-state index contributed by atoms with van der Waals surface area (Å²) < 4.78 is 17.2. The van der Waals surface area contributed by atoms with E-state index in [4.69, 9.17) is 13.9 Å². The lowest BCUT2D eigenvalue weighted by atomic mass is 10.1. The average molecular weight is 454 g/mol. The summed E-state index contributed by atoms with van der Waals surface area (Å²) in [5.41, 5.74) is 2.65. The van der Waals surface area contributed by atoms with Crippen molar-refractivity contribution in [1.82, 2.24) is 9.97 Å². The van der Waals surface area contributed by atoms with Crippen LogP contribution in [0.3, 0.4) is 0 Å². The molecular weight excluding hydrogens is 438 g/mol. The number of fused-ring (bicyclic) bond motifs is 1. The van der Waals surface area contributed by atoms with Crippen molar-refractivity contribution in [3.8, 4) is 23.0 Å². The van der Waals surface area contributed by atoms with Gasteiger partial charge in [0.15, 0.2) is 11.2 Å². The number of nitrogens with zero attached hydrogens (tertiary/aromatic N) is 2. The minimum Gasteiger partial charge on any atom is -0.496 e. The molecule has 0 aliphatic carbocycles. The van der Waals surface area contributed by atoms with Crippen molar-refractivity contribution in [1.29, 1.82) is 0 Å². The normalized spacial score (nSPS) is 10.7. The van der Waals surface area contributed by atoms with Crippen LogP contribution in [0.15, 0.2) is 63.6 Å². The number of anilines is 1. The maximum absolute atomic E-state index is 12.9. The Bertz CT molecular complexity index is 1170. The molecule has 0 saturated carbocycles. The van der Waals surface area contributed by atoms with E-state index < -0.39 is 0 Å². The molecule has 0 radical (unpaired) electrons. The number of carbonyl (C=O) groups is 1. The SMILES string of the molecule is COc1ccc(-c2nc3ncccc3o2)cc1NC(=O)c1cc(Br)ccc1OC. The molecule has 0 aliphatic heterocycles.